The highest BCUT2D eigenvalue weighted by Gasteiger charge is 2.35. The number of aliphatic hydroxyl groups excluding tert-OH is 1. The molecule has 5 nitrogen and oxygen atoms in total. The smallest absolute Gasteiger partial charge is 0.390 e. The molecule has 0 amide bonds. The Morgan fingerprint density at radius 1 is 1.12 bits per heavy atom. The highest BCUT2D eigenvalue weighted by atomic mass is 32.2. The Balaban J connectivity index is 1.56. The number of likely N-dealkylation sites (N-methyl/N-ethyl adjacent to an activating group) is 1. The lowest BCUT2D eigenvalue weighted by atomic mass is 9.88. The van der Waals surface area contributed by atoms with E-state index in [9.17, 15) is 26.7 Å². The van der Waals surface area contributed by atoms with Gasteiger partial charge in [-0.05, 0) is 74.8 Å². The van der Waals surface area contributed by atoms with Crippen molar-refractivity contribution >= 4 is 10.0 Å². The minimum atomic E-state index is -4.65. The molecule has 34 heavy (non-hydrogen) atoms. The third-order valence-electron chi connectivity index (χ3n) is 6.44. The van der Waals surface area contributed by atoms with Crippen molar-refractivity contribution < 1.29 is 26.7 Å². The van der Waals surface area contributed by atoms with Crippen molar-refractivity contribution in [2.45, 2.75) is 62.7 Å². The highest BCUT2D eigenvalue weighted by molar-refractivity contribution is 7.89. The van der Waals surface area contributed by atoms with E-state index in [1.54, 1.807) is 0 Å². The van der Waals surface area contributed by atoms with Gasteiger partial charge in [0.05, 0.1) is 16.6 Å². The monoisotopic (exact) mass is 498 g/mol. The first-order valence-electron chi connectivity index (χ1n) is 11.3. The molecule has 0 aliphatic heterocycles. The van der Waals surface area contributed by atoms with E-state index in [-0.39, 0.29) is 24.2 Å². The maximum absolute atomic E-state index is 13.2. The number of aliphatic hydroxyl groups is 1. The van der Waals surface area contributed by atoms with Gasteiger partial charge >= 0.3 is 6.18 Å². The van der Waals surface area contributed by atoms with Gasteiger partial charge in [0, 0.05) is 25.7 Å². The van der Waals surface area contributed by atoms with Gasteiger partial charge in [-0.2, -0.15) is 17.5 Å². The van der Waals surface area contributed by atoms with E-state index in [1.165, 1.54) is 25.1 Å². The molecule has 1 aliphatic rings. The Bertz CT molecular complexity index is 1090. The molecule has 2 N–H and O–H groups in total. The number of hydrogen-bond donors (Lipinski definition) is 2. The van der Waals surface area contributed by atoms with Crippen molar-refractivity contribution in [3.05, 3.63) is 64.7 Å². The van der Waals surface area contributed by atoms with Crippen LogP contribution in [0.25, 0.3) is 0 Å². The summed E-state index contributed by atoms with van der Waals surface area (Å²) in [6, 6.07) is 11.4. The number of nitrogens with zero attached hydrogens (tertiary/aromatic N) is 1. The number of benzene rings is 2. The lowest BCUT2D eigenvalue weighted by Crippen LogP contribution is -2.47. The predicted molar refractivity (Wildman–Crippen MR) is 126 cm³/mol. The summed E-state index contributed by atoms with van der Waals surface area (Å²) in [5.74, 6) is 0.490. The lowest BCUT2D eigenvalue weighted by molar-refractivity contribution is -0.138. The average Bonchev–Trinajstić information content (AvgIpc) is 3.13. The SMILES string of the molecule is Cc1ccc(S(=O)(=O)N(C)C[C@H](O)CNC(C)(C)CC2Cc3ccccc3C2)cc1C(F)(F)F. The van der Waals surface area contributed by atoms with Crippen molar-refractivity contribution in [3.63, 3.8) is 0 Å². The second kappa shape index (κ2) is 9.97. The van der Waals surface area contributed by atoms with E-state index in [0.717, 1.165) is 35.7 Å². The van der Waals surface area contributed by atoms with Gasteiger partial charge in [-0.1, -0.05) is 30.3 Å². The molecule has 0 unspecified atom stereocenters. The number of hydrogen-bond acceptors (Lipinski definition) is 4. The fourth-order valence-electron chi connectivity index (χ4n) is 4.69. The van der Waals surface area contributed by atoms with Gasteiger partial charge < -0.3 is 10.4 Å². The van der Waals surface area contributed by atoms with E-state index in [2.05, 4.69) is 17.4 Å². The van der Waals surface area contributed by atoms with Gasteiger partial charge in [0.2, 0.25) is 10.0 Å². The minimum absolute atomic E-state index is 0.0501. The molecular weight excluding hydrogens is 465 g/mol. The Labute approximate surface area is 200 Å². The molecule has 0 bridgehead atoms. The summed E-state index contributed by atoms with van der Waals surface area (Å²) < 4.78 is 66.2. The highest BCUT2D eigenvalue weighted by Crippen LogP contribution is 2.34. The number of fused-ring (bicyclic) bond motifs is 1. The van der Waals surface area contributed by atoms with E-state index < -0.39 is 32.8 Å². The zero-order valence-electron chi connectivity index (χ0n) is 20.0. The number of nitrogens with one attached hydrogen (secondary N) is 1. The summed E-state index contributed by atoms with van der Waals surface area (Å²) in [4.78, 5) is -0.450. The molecule has 0 radical (unpaired) electrons. The molecule has 0 aromatic heterocycles. The first kappa shape index (κ1) is 26.7. The Hall–Kier alpha value is -1.94. The zero-order chi connectivity index (χ0) is 25.3. The summed E-state index contributed by atoms with van der Waals surface area (Å²) in [5, 5.41) is 13.8. The fourth-order valence-corrected chi connectivity index (χ4v) is 5.92. The molecule has 188 valence electrons. The van der Waals surface area contributed by atoms with Crippen LogP contribution in [0.4, 0.5) is 13.2 Å². The predicted octanol–water partition coefficient (Wildman–Crippen LogP) is 4.17. The summed E-state index contributed by atoms with van der Waals surface area (Å²) >= 11 is 0. The van der Waals surface area contributed by atoms with Crippen LogP contribution >= 0.6 is 0 Å². The number of sulfonamides is 1. The number of β-amino-alcohol motifs (C(OH)–C–C–N with tert-alkyl or cyclic N) is 1. The normalized spacial score (nSPS) is 16.1. The Morgan fingerprint density at radius 2 is 1.71 bits per heavy atom. The molecule has 1 atom stereocenters. The quantitative estimate of drug-likeness (QED) is 0.545. The van der Waals surface area contributed by atoms with E-state index >= 15 is 0 Å². The molecule has 2 aromatic carbocycles. The van der Waals surface area contributed by atoms with Gasteiger partial charge in [0.25, 0.3) is 0 Å². The number of rotatable bonds is 9. The number of alkyl halides is 3. The van der Waals surface area contributed by atoms with Crippen LogP contribution < -0.4 is 5.32 Å². The van der Waals surface area contributed by atoms with Crippen LogP contribution in [0, 0.1) is 12.8 Å². The fraction of sp³-hybridized carbons (Fsp3) is 0.520. The molecule has 0 fully saturated rings. The molecule has 0 spiro atoms. The second-order valence-electron chi connectivity index (χ2n) is 9.93. The van der Waals surface area contributed by atoms with Crippen LogP contribution in [-0.4, -0.2) is 49.6 Å². The van der Waals surface area contributed by atoms with Crippen molar-refractivity contribution in [2.75, 3.05) is 20.1 Å². The number of halogens is 3. The van der Waals surface area contributed by atoms with Crippen LogP contribution in [0.3, 0.4) is 0 Å². The Kier molecular flexibility index (Phi) is 7.82. The van der Waals surface area contributed by atoms with Crippen molar-refractivity contribution in [1.82, 2.24) is 9.62 Å². The maximum atomic E-state index is 13.2. The van der Waals surface area contributed by atoms with Crippen molar-refractivity contribution in [1.29, 1.82) is 0 Å². The summed E-state index contributed by atoms with van der Waals surface area (Å²) in [5.41, 5.74) is 1.44. The molecule has 2 aromatic rings. The van der Waals surface area contributed by atoms with Crippen LogP contribution in [0.2, 0.25) is 0 Å². The first-order chi connectivity index (χ1) is 15.7. The average molecular weight is 499 g/mol. The van der Waals surface area contributed by atoms with Crippen molar-refractivity contribution in [3.8, 4) is 0 Å². The van der Waals surface area contributed by atoms with Crippen LogP contribution in [0.5, 0.6) is 0 Å². The van der Waals surface area contributed by atoms with E-state index in [0.29, 0.717) is 12.0 Å². The molecule has 1 aliphatic carbocycles. The van der Waals surface area contributed by atoms with Crippen molar-refractivity contribution in [2.24, 2.45) is 5.92 Å². The maximum Gasteiger partial charge on any atom is 0.416 e. The third-order valence-corrected chi connectivity index (χ3v) is 8.26. The first-order valence-corrected chi connectivity index (χ1v) is 12.8. The molecule has 9 heteroatoms. The lowest BCUT2D eigenvalue weighted by Gasteiger charge is -2.31. The van der Waals surface area contributed by atoms with Crippen LogP contribution in [-0.2, 0) is 29.0 Å². The number of aryl methyl sites for hydroxylation is 1. The summed E-state index contributed by atoms with van der Waals surface area (Å²) in [6.07, 6.45) is -2.74. The topological polar surface area (TPSA) is 69.6 Å². The van der Waals surface area contributed by atoms with Crippen LogP contribution in [0.15, 0.2) is 47.4 Å². The summed E-state index contributed by atoms with van der Waals surface area (Å²) in [6.45, 7) is 5.30. The second-order valence-corrected chi connectivity index (χ2v) is 12.0. The zero-order valence-corrected chi connectivity index (χ0v) is 20.8. The van der Waals surface area contributed by atoms with Gasteiger partial charge in [-0.3, -0.25) is 0 Å². The molecule has 0 saturated carbocycles. The standard InChI is InChI=1S/C25H33F3N2O3S/c1-17-9-10-22(13-23(17)25(26,27)28)34(32,33)30(4)16-21(31)15-29-24(2,3)14-18-11-19-7-5-6-8-20(19)12-18/h5-10,13,18,21,29,31H,11-12,14-16H2,1-4H3/t21-/m1/s1. The van der Waals surface area contributed by atoms with Gasteiger partial charge in [0.1, 0.15) is 0 Å². The molecule has 3 rings (SSSR count). The molecule has 0 heterocycles. The Morgan fingerprint density at radius 3 is 2.26 bits per heavy atom. The van der Waals surface area contributed by atoms with Gasteiger partial charge in [0.15, 0.2) is 0 Å². The summed E-state index contributed by atoms with van der Waals surface area (Å²) in [7, 11) is -2.93. The van der Waals surface area contributed by atoms with Gasteiger partial charge in [-0.25, -0.2) is 8.42 Å². The largest absolute Gasteiger partial charge is 0.416 e. The third kappa shape index (κ3) is 6.38. The minimum Gasteiger partial charge on any atom is -0.390 e. The van der Waals surface area contributed by atoms with E-state index in [1.807, 2.05) is 26.0 Å². The van der Waals surface area contributed by atoms with Gasteiger partial charge in [-0.15, -0.1) is 0 Å². The van der Waals surface area contributed by atoms with Crippen LogP contribution in [0.1, 0.15) is 42.5 Å². The molecule has 0 saturated heterocycles. The molecular formula is C25H33F3N2O3S. The van der Waals surface area contributed by atoms with E-state index in [4.69, 9.17) is 0 Å².